The number of anilines is 1. The maximum Gasteiger partial charge on any atom is 0.253 e. The van der Waals surface area contributed by atoms with Crippen molar-refractivity contribution in [1.29, 1.82) is 0 Å². The number of rotatable bonds is 3. The molecule has 0 atom stereocenters. The topological polar surface area (TPSA) is 49.4 Å². The lowest BCUT2D eigenvalue weighted by molar-refractivity contribution is -0.121. The molecule has 0 unspecified atom stereocenters. The lowest BCUT2D eigenvalue weighted by Crippen LogP contribution is -2.41. The van der Waals surface area contributed by atoms with Crippen molar-refractivity contribution in [2.24, 2.45) is 5.92 Å². The van der Waals surface area contributed by atoms with E-state index in [4.69, 9.17) is 11.6 Å². The number of hydrogen-bond acceptors (Lipinski definition) is 2. The Morgan fingerprint density at radius 3 is 2.07 bits per heavy atom. The van der Waals surface area contributed by atoms with Crippen LogP contribution in [0.1, 0.15) is 49.5 Å². The molecule has 0 radical (unpaired) electrons. The molecule has 5 heteroatoms. The van der Waals surface area contributed by atoms with E-state index in [1.807, 2.05) is 17.0 Å². The third kappa shape index (κ3) is 4.93. The highest BCUT2D eigenvalue weighted by molar-refractivity contribution is 6.30. The SMILES string of the molecule is CC(C)(C)c1ccc(NC(=O)C2CCN(C(=O)c3ccc(Cl)cc3)CC2)cc1. The van der Waals surface area contributed by atoms with Crippen molar-refractivity contribution in [3.63, 3.8) is 0 Å². The molecular formula is C23H27ClN2O2. The van der Waals surface area contributed by atoms with Crippen LogP contribution in [0.2, 0.25) is 5.02 Å². The monoisotopic (exact) mass is 398 g/mol. The van der Waals surface area contributed by atoms with Gasteiger partial charge in [0, 0.05) is 35.3 Å². The van der Waals surface area contributed by atoms with Gasteiger partial charge in [-0.05, 0) is 60.2 Å². The summed E-state index contributed by atoms with van der Waals surface area (Å²) in [5.74, 6) is -0.0491. The number of halogens is 1. The molecule has 0 spiro atoms. The van der Waals surface area contributed by atoms with Crippen LogP contribution in [0.3, 0.4) is 0 Å². The van der Waals surface area contributed by atoms with E-state index < -0.39 is 0 Å². The Morgan fingerprint density at radius 2 is 1.54 bits per heavy atom. The molecule has 0 aromatic heterocycles. The van der Waals surface area contributed by atoms with Crippen LogP contribution in [-0.4, -0.2) is 29.8 Å². The van der Waals surface area contributed by atoms with E-state index in [2.05, 4.69) is 38.2 Å². The van der Waals surface area contributed by atoms with Crippen LogP contribution in [0.25, 0.3) is 0 Å². The van der Waals surface area contributed by atoms with Crippen LogP contribution in [0, 0.1) is 5.92 Å². The predicted octanol–water partition coefficient (Wildman–Crippen LogP) is 5.13. The molecule has 0 saturated carbocycles. The second kappa shape index (κ2) is 8.36. The summed E-state index contributed by atoms with van der Waals surface area (Å²) in [6.45, 7) is 7.67. The van der Waals surface area contributed by atoms with Gasteiger partial charge in [-0.3, -0.25) is 9.59 Å². The zero-order chi connectivity index (χ0) is 20.3. The Bertz CT molecular complexity index is 830. The summed E-state index contributed by atoms with van der Waals surface area (Å²) in [6, 6.07) is 15.0. The average molecular weight is 399 g/mol. The minimum Gasteiger partial charge on any atom is -0.339 e. The van der Waals surface area contributed by atoms with E-state index in [0.717, 1.165) is 5.69 Å². The van der Waals surface area contributed by atoms with Crippen molar-refractivity contribution >= 4 is 29.1 Å². The normalized spacial score (nSPS) is 15.4. The van der Waals surface area contributed by atoms with Gasteiger partial charge in [0.05, 0.1) is 0 Å². The van der Waals surface area contributed by atoms with Crippen molar-refractivity contribution < 1.29 is 9.59 Å². The van der Waals surface area contributed by atoms with Crippen molar-refractivity contribution in [1.82, 2.24) is 4.90 Å². The average Bonchev–Trinajstić information content (AvgIpc) is 2.68. The van der Waals surface area contributed by atoms with Gasteiger partial charge >= 0.3 is 0 Å². The van der Waals surface area contributed by atoms with E-state index in [0.29, 0.717) is 36.5 Å². The van der Waals surface area contributed by atoms with Gasteiger partial charge in [-0.25, -0.2) is 0 Å². The third-order valence-corrected chi connectivity index (χ3v) is 5.51. The molecule has 2 aromatic rings. The summed E-state index contributed by atoms with van der Waals surface area (Å²) >= 11 is 5.88. The van der Waals surface area contributed by atoms with Crippen LogP contribution in [0.5, 0.6) is 0 Å². The number of likely N-dealkylation sites (tertiary alicyclic amines) is 1. The Hall–Kier alpha value is -2.33. The molecule has 0 aliphatic carbocycles. The Labute approximate surface area is 171 Å². The van der Waals surface area contributed by atoms with E-state index in [1.54, 1.807) is 24.3 Å². The summed E-state index contributed by atoms with van der Waals surface area (Å²) in [5.41, 5.74) is 2.77. The van der Waals surface area contributed by atoms with Gasteiger partial charge < -0.3 is 10.2 Å². The number of amides is 2. The second-order valence-corrected chi connectivity index (χ2v) is 8.83. The smallest absolute Gasteiger partial charge is 0.253 e. The molecule has 0 bridgehead atoms. The van der Waals surface area contributed by atoms with Gasteiger partial charge in [-0.1, -0.05) is 44.5 Å². The summed E-state index contributed by atoms with van der Waals surface area (Å²) in [7, 11) is 0. The first-order valence-electron chi connectivity index (χ1n) is 9.70. The zero-order valence-corrected chi connectivity index (χ0v) is 17.4. The van der Waals surface area contributed by atoms with Gasteiger partial charge in [0.25, 0.3) is 5.91 Å². The highest BCUT2D eigenvalue weighted by Crippen LogP contribution is 2.25. The molecule has 1 saturated heterocycles. The fraction of sp³-hybridized carbons (Fsp3) is 0.391. The molecule has 1 fully saturated rings. The fourth-order valence-electron chi connectivity index (χ4n) is 3.42. The van der Waals surface area contributed by atoms with Crippen molar-refractivity contribution in [2.75, 3.05) is 18.4 Å². The number of piperidine rings is 1. The van der Waals surface area contributed by atoms with Gasteiger partial charge in [-0.2, -0.15) is 0 Å². The maximum atomic E-state index is 12.6. The Morgan fingerprint density at radius 1 is 0.964 bits per heavy atom. The first-order chi connectivity index (χ1) is 13.2. The maximum absolute atomic E-state index is 12.6. The first-order valence-corrected chi connectivity index (χ1v) is 10.1. The number of benzene rings is 2. The number of carbonyl (C=O) groups is 2. The molecule has 1 heterocycles. The largest absolute Gasteiger partial charge is 0.339 e. The number of nitrogens with one attached hydrogen (secondary N) is 1. The molecule has 4 nitrogen and oxygen atoms in total. The van der Waals surface area contributed by atoms with Gasteiger partial charge in [0.15, 0.2) is 0 Å². The van der Waals surface area contributed by atoms with Crippen molar-refractivity contribution in [3.05, 3.63) is 64.7 Å². The summed E-state index contributed by atoms with van der Waals surface area (Å²) < 4.78 is 0. The van der Waals surface area contributed by atoms with Crippen LogP contribution in [0.4, 0.5) is 5.69 Å². The van der Waals surface area contributed by atoms with E-state index in [9.17, 15) is 9.59 Å². The Balaban J connectivity index is 1.53. The number of carbonyl (C=O) groups excluding carboxylic acids is 2. The van der Waals surface area contributed by atoms with Crippen molar-refractivity contribution in [2.45, 2.75) is 39.0 Å². The van der Waals surface area contributed by atoms with Crippen LogP contribution < -0.4 is 5.32 Å². The van der Waals surface area contributed by atoms with Gasteiger partial charge in [0.2, 0.25) is 5.91 Å². The summed E-state index contributed by atoms with van der Waals surface area (Å²) in [5, 5.41) is 3.63. The molecule has 1 aliphatic rings. The molecule has 3 rings (SSSR count). The molecular weight excluding hydrogens is 372 g/mol. The van der Waals surface area contributed by atoms with E-state index in [1.165, 1.54) is 5.56 Å². The van der Waals surface area contributed by atoms with E-state index in [-0.39, 0.29) is 23.1 Å². The molecule has 1 aliphatic heterocycles. The third-order valence-electron chi connectivity index (χ3n) is 5.26. The molecule has 28 heavy (non-hydrogen) atoms. The minimum atomic E-state index is -0.0726. The summed E-state index contributed by atoms with van der Waals surface area (Å²) in [4.78, 5) is 27.0. The predicted molar refractivity (Wildman–Crippen MR) is 114 cm³/mol. The molecule has 2 aromatic carbocycles. The highest BCUT2D eigenvalue weighted by atomic mass is 35.5. The summed E-state index contributed by atoms with van der Waals surface area (Å²) in [6.07, 6.45) is 1.34. The lowest BCUT2D eigenvalue weighted by Gasteiger charge is -2.31. The van der Waals surface area contributed by atoms with Gasteiger partial charge in [-0.15, -0.1) is 0 Å². The van der Waals surface area contributed by atoms with Gasteiger partial charge in [0.1, 0.15) is 0 Å². The molecule has 148 valence electrons. The van der Waals surface area contributed by atoms with E-state index >= 15 is 0 Å². The number of nitrogens with zero attached hydrogens (tertiary/aromatic N) is 1. The van der Waals surface area contributed by atoms with Crippen LogP contribution in [-0.2, 0) is 10.2 Å². The Kier molecular flexibility index (Phi) is 6.09. The second-order valence-electron chi connectivity index (χ2n) is 8.39. The van der Waals surface area contributed by atoms with Crippen molar-refractivity contribution in [3.8, 4) is 0 Å². The lowest BCUT2D eigenvalue weighted by atomic mass is 9.87. The quantitative estimate of drug-likeness (QED) is 0.779. The fourth-order valence-corrected chi connectivity index (χ4v) is 3.54. The van der Waals surface area contributed by atoms with Crippen LogP contribution >= 0.6 is 11.6 Å². The van der Waals surface area contributed by atoms with Crippen LogP contribution in [0.15, 0.2) is 48.5 Å². The first kappa shape index (κ1) is 20.4. The number of hydrogen-bond donors (Lipinski definition) is 1. The molecule has 2 amide bonds. The highest BCUT2D eigenvalue weighted by Gasteiger charge is 2.28. The minimum absolute atomic E-state index is 0.00621. The standard InChI is InChI=1S/C23H27ClN2O2/c1-23(2,3)18-6-10-20(11-7-18)25-21(27)16-12-14-26(15-13-16)22(28)17-4-8-19(24)9-5-17/h4-11,16H,12-15H2,1-3H3,(H,25,27). The zero-order valence-electron chi connectivity index (χ0n) is 16.7. The molecule has 1 N–H and O–H groups in total.